The molecule has 35 heavy (non-hydrogen) atoms. The van der Waals surface area contributed by atoms with Gasteiger partial charge in [-0.2, -0.15) is 0 Å². The van der Waals surface area contributed by atoms with Gasteiger partial charge in [0, 0.05) is 64.1 Å². The van der Waals surface area contributed by atoms with Crippen LogP contribution >= 0.6 is 0 Å². The van der Waals surface area contributed by atoms with Gasteiger partial charge >= 0.3 is 0 Å². The van der Waals surface area contributed by atoms with Crippen molar-refractivity contribution in [1.29, 1.82) is 0 Å². The topological polar surface area (TPSA) is 52.8 Å². The molecule has 1 aliphatic carbocycles. The van der Waals surface area contributed by atoms with Crippen molar-refractivity contribution < 1.29 is 0 Å². The van der Waals surface area contributed by atoms with E-state index < -0.39 is 0 Å². The summed E-state index contributed by atoms with van der Waals surface area (Å²) in [6.07, 6.45) is 11.4. The molecule has 0 aromatic carbocycles. The summed E-state index contributed by atoms with van der Waals surface area (Å²) >= 11 is 0. The number of fused-ring (bicyclic) bond motifs is 2. The van der Waals surface area contributed by atoms with E-state index in [4.69, 9.17) is 9.97 Å². The summed E-state index contributed by atoms with van der Waals surface area (Å²) < 4.78 is 2.27. The Morgan fingerprint density at radius 1 is 0.971 bits per heavy atom. The van der Waals surface area contributed by atoms with E-state index in [1.807, 2.05) is 24.7 Å². The molecule has 2 aliphatic rings. The fourth-order valence-corrected chi connectivity index (χ4v) is 5.57. The second-order valence-corrected chi connectivity index (χ2v) is 9.86. The van der Waals surface area contributed by atoms with E-state index in [0.717, 1.165) is 63.5 Å². The van der Waals surface area contributed by atoms with Gasteiger partial charge in [-0.3, -0.25) is 19.3 Å². The Kier molecular flexibility index (Phi) is 6.19. The number of piperazine rings is 1. The zero-order valence-corrected chi connectivity index (χ0v) is 20.4. The van der Waals surface area contributed by atoms with E-state index in [1.165, 1.54) is 29.1 Å². The summed E-state index contributed by atoms with van der Waals surface area (Å²) in [6, 6.07) is 15.2. The minimum atomic E-state index is 0.280. The van der Waals surface area contributed by atoms with Crippen LogP contribution in [0.3, 0.4) is 0 Å². The molecule has 0 N–H and O–H groups in total. The first-order valence-corrected chi connectivity index (χ1v) is 12.7. The molecule has 1 fully saturated rings. The zero-order chi connectivity index (χ0) is 23.6. The fraction of sp³-hybridized carbons (Fsp3) is 0.393. The molecule has 0 radical (unpaired) electrons. The lowest BCUT2D eigenvalue weighted by atomic mass is 9.90. The van der Waals surface area contributed by atoms with Crippen molar-refractivity contribution in [1.82, 2.24) is 29.2 Å². The third kappa shape index (κ3) is 4.66. The van der Waals surface area contributed by atoms with E-state index in [1.54, 1.807) is 0 Å². The average Bonchev–Trinajstić information content (AvgIpc) is 3.32. The van der Waals surface area contributed by atoms with Gasteiger partial charge in [-0.1, -0.05) is 18.2 Å². The maximum absolute atomic E-state index is 5.06. The maximum atomic E-state index is 5.06. The Labute approximate surface area is 207 Å². The molecule has 0 spiro atoms. The largest absolute Gasteiger partial charge is 0.355 e. The van der Waals surface area contributed by atoms with Gasteiger partial charge in [-0.15, -0.1) is 0 Å². The molecular formula is C28H33N7. The van der Waals surface area contributed by atoms with E-state index in [9.17, 15) is 0 Å². The van der Waals surface area contributed by atoms with E-state index in [2.05, 4.69) is 73.7 Å². The third-order valence-corrected chi connectivity index (χ3v) is 7.43. The second-order valence-electron chi connectivity index (χ2n) is 9.86. The number of hydrogen-bond donors (Lipinski definition) is 0. The van der Waals surface area contributed by atoms with Crippen LogP contribution in [0.15, 0.2) is 67.3 Å². The van der Waals surface area contributed by atoms with Crippen LogP contribution in [-0.4, -0.2) is 62.4 Å². The highest BCUT2D eigenvalue weighted by molar-refractivity contribution is 5.53. The number of hydrogen-bond acceptors (Lipinski definition) is 6. The zero-order valence-electron chi connectivity index (χ0n) is 20.4. The highest BCUT2D eigenvalue weighted by atomic mass is 15.3. The van der Waals surface area contributed by atoms with Gasteiger partial charge in [0.15, 0.2) is 0 Å². The second kappa shape index (κ2) is 9.76. The molecule has 180 valence electrons. The van der Waals surface area contributed by atoms with Crippen LogP contribution in [0.5, 0.6) is 0 Å². The quantitative estimate of drug-likeness (QED) is 0.428. The molecule has 0 amide bonds. The molecule has 6 rings (SSSR count). The summed E-state index contributed by atoms with van der Waals surface area (Å²) in [6.45, 7) is 5.87. The molecular weight excluding hydrogens is 434 g/mol. The Hall–Kier alpha value is -3.29. The lowest BCUT2D eigenvalue weighted by Gasteiger charge is -2.34. The molecule has 0 saturated carbocycles. The molecule has 7 heteroatoms. The number of nitrogens with zero attached hydrogens (tertiary/aromatic N) is 7. The van der Waals surface area contributed by atoms with Gasteiger partial charge in [0.25, 0.3) is 0 Å². The van der Waals surface area contributed by atoms with Crippen LogP contribution in [0.2, 0.25) is 0 Å². The van der Waals surface area contributed by atoms with Crippen molar-refractivity contribution in [2.24, 2.45) is 0 Å². The summed E-state index contributed by atoms with van der Waals surface area (Å²) in [5, 5.41) is 0. The van der Waals surface area contributed by atoms with E-state index in [-0.39, 0.29) is 6.04 Å². The minimum absolute atomic E-state index is 0.280. The van der Waals surface area contributed by atoms with Gasteiger partial charge in [-0.05, 0) is 61.7 Å². The number of pyridine rings is 3. The fourth-order valence-electron chi connectivity index (χ4n) is 5.57. The molecule has 1 saturated heterocycles. The molecule has 1 atom stereocenters. The molecule has 5 heterocycles. The number of aromatic nitrogens is 4. The standard InChI is InChI=1S/C28H33N7/c1-32-14-16-33(17-15-32)27-11-3-10-26-31-24(21-35(26)27)20-34(19-22-6-4-12-29-18-22)25-9-2-7-23-8-5-13-30-28(23)25/h3-6,8,10-13,18,21,25H,2,7,9,14-17,19-20H2,1H3/t25-/m0/s1. The van der Waals surface area contributed by atoms with Crippen LogP contribution < -0.4 is 4.90 Å². The summed E-state index contributed by atoms with van der Waals surface area (Å²) in [5.41, 5.74) is 5.94. The smallest absolute Gasteiger partial charge is 0.138 e. The van der Waals surface area contributed by atoms with Gasteiger partial charge in [0.05, 0.1) is 17.4 Å². The highest BCUT2D eigenvalue weighted by Gasteiger charge is 2.28. The van der Waals surface area contributed by atoms with Crippen LogP contribution in [0.4, 0.5) is 5.82 Å². The predicted molar refractivity (Wildman–Crippen MR) is 138 cm³/mol. The van der Waals surface area contributed by atoms with Crippen molar-refractivity contribution in [2.45, 2.75) is 38.4 Å². The van der Waals surface area contributed by atoms with Gasteiger partial charge in [0.2, 0.25) is 0 Å². The molecule has 0 bridgehead atoms. The number of rotatable bonds is 6. The molecule has 7 nitrogen and oxygen atoms in total. The summed E-state index contributed by atoms with van der Waals surface area (Å²) in [7, 11) is 2.20. The van der Waals surface area contributed by atoms with Crippen molar-refractivity contribution in [3.8, 4) is 0 Å². The minimum Gasteiger partial charge on any atom is -0.355 e. The maximum Gasteiger partial charge on any atom is 0.138 e. The molecule has 1 aliphatic heterocycles. The van der Waals surface area contributed by atoms with Crippen molar-refractivity contribution >= 4 is 11.5 Å². The number of likely N-dealkylation sites (N-methyl/N-ethyl adjacent to an activating group) is 1. The third-order valence-electron chi connectivity index (χ3n) is 7.43. The Balaban J connectivity index is 1.32. The Morgan fingerprint density at radius 3 is 2.71 bits per heavy atom. The first-order valence-electron chi connectivity index (χ1n) is 12.7. The Bertz CT molecular complexity index is 1280. The van der Waals surface area contributed by atoms with Crippen LogP contribution in [0.25, 0.3) is 5.65 Å². The van der Waals surface area contributed by atoms with E-state index in [0.29, 0.717) is 0 Å². The number of imidazole rings is 1. The summed E-state index contributed by atoms with van der Waals surface area (Å²) in [4.78, 5) is 21.7. The van der Waals surface area contributed by atoms with Gasteiger partial charge in [0.1, 0.15) is 11.5 Å². The van der Waals surface area contributed by atoms with Gasteiger partial charge < -0.3 is 9.80 Å². The SMILES string of the molecule is CN1CCN(c2cccc3nc(CN(Cc4cccnc4)[C@H]4CCCc5cccnc54)cn23)CC1. The van der Waals surface area contributed by atoms with E-state index >= 15 is 0 Å². The van der Waals surface area contributed by atoms with Crippen LogP contribution in [-0.2, 0) is 19.5 Å². The highest BCUT2D eigenvalue weighted by Crippen LogP contribution is 2.35. The van der Waals surface area contributed by atoms with Crippen molar-refractivity contribution in [3.05, 3.63) is 89.8 Å². The predicted octanol–water partition coefficient (Wildman–Crippen LogP) is 3.96. The first kappa shape index (κ1) is 22.2. The molecule has 4 aromatic heterocycles. The first-order chi connectivity index (χ1) is 17.2. The lowest BCUT2D eigenvalue weighted by molar-refractivity contribution is 0.155. The summed E-state index contributed by atoms with van der Waals surface area (Å²) in [5.74, 6) is 1.23. The lowest BCUT2D eigenvalue weighted by Crippen LogP contribution is -2.45. The van der Waals surface area contributed by atoms with Crippen LogP contribution in [0.1, 0.15) is 41.4 Å². The van der Waals surface area contributed by atoms with Crippen molar-refractivity contribution in [3.63, 3.8) is 0 Å². The van der Waals surface area contributed by atoms with Crippen molar-refractivity contribution in [2.75, 3.05) is 38.1 Å². The Morgan fingerprint density at radius 2 is 1.86 bits per heavy atom. The monoisotopic (exact) mass is 467 g/mol. The average molecular weight is 468 g/mol. The molecule has 4 aromatic rings. The van der Waals surface area contributed by atoms with Crippen LogP contribution in [0, 0.1) is 0 Å². The molecule has 0 unspecified atom stereocenters. The number of aryl methyl sites for hydroxylation is 1. The van der Waals surface area contributed by atoms with Gasteiger partial charge in [-0.25, -0.2) is 4.98 Å². The normalized spacial score (nSPS) is 18.8. The number of anilines is 1.